The van der Waals surface area contributed by atoms with Gasteiger partial charge in [-0.3, -0.25) is 0 Å². The summed E-state index contributed by atoms with van der Waals surface area (Å²) in [6, 6.07) is 22.1. The molecule has 0 bridgehead atoms. The number of benzene rings is 2. The van der Waals surface area contributed by atoms with E-state index in [1.54, 1.807) is 0 Å². The molecule has 5 rings (SSSR count). The lowest BCUT2D eigenvalue weighted by Crippen LogP contribution is -2.10. The predicted octanol–water partition coefficient (Wildman–Crippen LogP) is 5.47. The lowest BCUT2D eigenvalue weighted by Gasteiger charge is -2.20. The quantitative estimate of drug-likeness (QED) is 0.464. The van der Waals surface area contributed by atoms with Crippen molar-refractivity contribution >= 4 is 27.5 Å². The highest BCUT2D eigenvalue weighted by Crippen LogP contribution is 2.38. The zero-order chi connectivity index (χ0) is 15.2. The Morgan fingerprint density at radius 3 is 2.30 bits per heavy atom. The summed E-state index contributed by atoms with van der Waals surface area (Å²) >= 11 is 0. The van der Waals surface area contributed by atoms with Crippen LogP contribution in [0.3, 0.4) is 0 Å². The summed E-state index contributed by atoms with van der Waals surface area (Å²) in [6.07, 6.45) is 9.14. The molecular weight excluding hydrogens is 280 g/mol. The highest BCUT2D eigenvalue weighted by atomic mass is 15.1. The van der Waals surface area contributed by atoms with Gasteiger partial charge in [-0.25, -0.2) is 0 Å². The van der Waals surface area contributed by atoms with E-state index < -0.39 is 0 Å². The van der Waals surface area contributed by atoms with Crippen LogP contribution in [0.5, 0.6) is 0 Å². The Bertz CT molecular complexity index is 1030. The number of nitrogens with zero attached hydrogens (tertiary/aromatic N) is 2. The first-order chi connectivity index (χ1) is 11.4. The van der Waals surface area contributed by atoms with Gasteiger partial charge >= 0.3 is 0 Å². The van der Waals surface area contributed by atoms with Gasteiger partial charge in [0, 0.05) is 23.6 Å². The molecule has 23 heavy (non-hydrogen) atoms. The van der Waals surface area contributed by atoms with Gasteiger partial charge in [0.15, 0.2) is 0 Å². The van der Waals surface area contributed by atoms with Crippen molar-refractivity contribution in [2.45, 2.75) is 18.9 Å². The molecule has 0 aliphatic heterocycles. The molecule has 1 unspecified atom stereocenters. The maximum atomic E-state index is 2.43. The molecule has 1 aliphatic rings. The van der Waals surface area contributed by atoms with Gasteiger partial charge in [-0.15, -0.1) is 0 Å². The van der Waals surface area contributed by atoms with Crippen molar-refractivity contribution in [3.63, 3.8) is 0 Å². The molecule has 0 amide bonds. The van der Waals surface area contributed by atoms with Crippen molar-refractivity contribution in [1.29, 1.82) is 0 Å². The smallest absolute Gasteiger partial charge is 0.0740 e. The zero-order valence-electron chi connectivity index (χ0n) is 12.9. The van der Waals surface area contributed by atoms with E-state index in [2.05, 4.69) is 88.3 Å². The van der Waals surface area contributed by atoms with Crippen LogP contribution in [-0.2, 0) is 0 Å². The SMILES string of the molecule is C1=C(n2ccc3ccccc32)C(n2ccc3ccccc32)CC1. The van der Waals surface area contributed by atoms with Gasteiger partial charge in [0.05, 0.1) is 11.6 Å². The Kier molecular flexibility index (Phi) is 2.71. The third-order valence-electron chi connectivity index (χ3n) is 4.98. The molecule has 2 aromatic carbocycles. The van der Waals surface area contributed by atoms with Gasteiger partial charge in [-0.1, -0.05) is 42.5 Å². The fraction of sp³-hybridized carbons (Fsp3) is 0.143. The maximum absolute atomic E-state index is 2.43. The Labute approximate surface area is 135 Å². The van der Waals surface area contributed by atoms with Gasteiger partial charge in [0.1, 0.15) is 0 Å². The third kappa shape index (κ3) is 1.88. The number of allylic oxidation sites excluding steroid dienone is 2. The van der Waals surface area contributed by atoms with E-state index in [1.807, 2.05) is 0 Å². The molecule has 1 atom stereocenters. The highest BCUT2D eigenvalue weighted by Gasteiger charge is 2.24. The van der Waals surface area contributed by atoms with Gasteiger partial charge in [-0.05, 0) is 47.9 Å². The second-order valence-corrected chi connectivity index (χ2v) is 6.25. The Hall–Kier alpha value is -2.74. The minimum atomic E-state index is 0.408. The van der Waals surface area contributed by atoms with E-state index in [1.165, 1.54) is 33.9 Å². The molecule has 2 heterocycles. The van der Waals surface area contributed by atoms with Crippen molar-refractivity contribution in [2.24, 2.45) is 0 Å². The van der Waals surface area contributed by atoms with Gasteiger partial charge in [0.2, 0.25) is 0 Å². The average molecular weight is 298 g/mol. The molecule has 0 N–H and O–H groups in total. The highest BCUT2D eigenvalue weighted by molar-refractivity contribution is 5.85. The van der Waals surface area contributed by atoms with Gasteiger partial charge < -0.3 is 9.13 Å². The molecule has 1 aliphatic carbocycles. The van der Waals surface area contributed by atoms with Gasteiger partial charge in [-0.2, -0.15) is 0 Å². The van der Waals surface area contributed by atoms with Gasteiger partial charge in [0.25, 0.3) is 0 Å². The fourth-order valence-electron chi connectivity index (χ4n) is 3.90. The first kappa shape index (κ1) is 12.8. The Morgan fingerprint density at radius 2 is 1.43 bits per heavy atom. The van der Waals surface area contributed by atoms with Crippen molar-refractivity contribution in [1.82, 2.24) is 9.13 Å². The second kappa shape index (κ2) is 4.88. The first-order valence-corrected chi connectivity index (χ1v) is 8.24. The monoisotopic (exact) mass is 298 g/mol. The molecule has 0 fully saturated rings. The number of para-hydroxylation sites is 2. The van der Waals surface area contributed by atoms with Crippen molar-refractivity contribution in [3.05, 3.63) is 79.1 Å². The van der Waals surface area contributed by atoms with Crippen LogP contribution in [0.2, 0.25) is 0 Å². The second-order valence-electron chi connectivity index (χ2n) is 6.25. The topological polar surface area (TPSA) is 9.86 Å². The van der Waals surface area contributed by atoms with Crippen LogP contribution in [-0.4, -0.2) is 9.13 Å². The van der Waals surface area contributed by atoms with E-state index in [0.717, 1.165) is 6.42 Å². The van der Waals surface area contributed by atoms with E-state index in [0.29, 0.717) is 6.04 Å². The summed E-state index contributed by atoms with van der Waals surface area (Å²) in [6.45, 7) is 0. The average Bonchev–Trinajstić information content (AvgIpc) is 3.31. The summed E-state index contributed by atoms with van der Waals surface area (Å²) in [4.78, 5) is 0. The van der Waals surface area contributed by atoms with Crippen LogP contribution in [0.1, 0.15) is 18.9 Å². The number of rotatable bonds is 2. The van der Waals surface area contributed by atoms with Crippen LogP contribution >= 0.6 is 0 Å². The lowest BCUT2D eigenvalue weighted by atomic mass is 10.2. The summed E-state index contributed by atoms with van der Waals surface area (Å²) in [5.41, 5.74) is 4.01. The number of fused-ring (bicyclic) bond motifs is 2. The molecule has 0 radical (unpaired) electrons. The first-order valence-electron chi connectivity index (χ1n) is 8.24. The van der Waals surface area contributed by atoms with Crippen LogP contribution in [0.4, 0.5) is 0 Å². The third-order valence-corrected chi connectivity index (χ3v) is 4.98. The molecule has 0 saturated carbocycles. The summed E-state index contributed by atoms with van der Waals surface area (Å²) in [7, 11) is 0. The normalized spacial score (nSPS) is 17.9. The minimum absolute atomic E-state index is 0.408. The Morgan fingerprint density at radius 1 is 0.739 bits per heavy atom. The molecule has 112 valence electrons. The van der Waals surface area contributed by atoms with Crippen LogP contribution in [0, 0.1) is 0 Å². The van der Waals surface area contributed by atoms with Crippen molar-refractivity contribution < 1.29 is 0 Å². The molecule has 0 saturated heterocycles. The Balaban J connectivity index is 1.66. The molecular formula is C21H18N2. The summed E-state index contributed by atoms with van der Waals surface area (Å²) < 4.78 is 4.80. The van der Waals surface area contributed by atoms with Crippen molar-refractivity contribution in [2.75, 3.05) is 0 Å². The number of hydrogen-bond acceptors (Lipinski definition) is 0. The fourth-order valence-corrected chi connectivity index (χ4v) is 3.90. The van der Waals surface area contributed by atoms with E-state index in [-0.39, 0.29) is 0 Å². The molecule has 0 spiro atoms. The summed E-state index contributed by atoms with van der Waals surface area (Å²) in [5, 5.41) is 2.62. The van der Waals surface area contributed by atoms with Crippen LogP contribution in [0.15, 0.2) is 79.1 Å². The molecule has 2 heteroatoms. The standard InChI is InChI=1S/C21H18N2/c1-3-8-18-16(6-1)12-14-22(18)20-10-5-11-21(20)23-15-13-17-7-2-4-9-19(17)23/h1-4,6-10,12-15,21H,5,11H2. The van der Waals surface area contributed by atoms with Crippen LogP contribution in [0.25, 0.3) is 27.5 Å². The maximum Gasteiger partial charge on any atom is 0.0740 e. The molecule has 2 nitrogen and oxygen atoms in total. The molecule has 2 aromatic heterocycles. The lowest BCUT2D eigenvalue weighted by molar-refractivity contribution is 0.607. The number of aromatic nitrogens is 2. The van der Waals surface area contributed by atoms with E-state index >= 15 is 0 Å². The summed E-state index contributed by atoms with van der Waals surface area (Å²) in [5.74, 6) is 0. The largest absolute Gasteiger partial charge is 0.338 e. The predicted molar refractivity (Wildman–Crippen MR) is 96.4 cm³/mol. The van der Waals surface area contributed by atoms with Crippen molar-refractivity contribution in [3.8, 4) is 0 Å². The molecule has 4 aromatic rings. The van der Waals surface area contributed by atoms with E-state index in [4.69, 9.17) is 0 Å². The van der Waals surface area contributed by atoms with E-state index in [9.17, 15) is 0 Å². The van der Waals surface area contributed by atoms with Crippen LogP contribution < -0.4 is 0 Å². The zero-order valence-corrected chi connectivity index (χ0v) is 12.9. The minimum Gasteiger partial charge on any atom is -0.338 e. The number of hydrogen-bond donors (Lipinski definition) is 0.